The van der Waals surface area contributed by atoms with Crippen LogP contribution in [0.3, 0.4) is 0 Å². The first-order chi connectivity index (χ1) is 13.6. The molecule has 6 nitrogen and oxygen atoms in total. The van der Waals surface area contributed by atoms with Gasteiger partial charge in [-0.05, 0) is 50.8 Å². The fourth-order valence-electron chi connectivity index (χ4n) is 3.17. The maximum Gasteiger partial charge on any atom is 0.244 e. The van der Waals surface area contributed by atoms with Crippen molar-refractivity contribution >= 4 is 35.2 Å². The zero-order chi connectivity index (χ0) is 21.7. The Balaban J connectivity index is 1.95. The summed E-state index contributed by atoms with van der Waals surface area (Å²) in [4.78, 5) is 24.3. The van der Waals surface area contributed by atoms with Crippen LogP contribution in [0.5, 0.6) is 0 Å². The average Bonchev–Trinajstić information content (AvgIpc) is 2.87. The Morgan fingerprint density at radius 3 is 2.38 bits per heavy atom. The number of nitrogens with zero attached hydrogens (tertiary/aromatic N) is 2. The number of nitrogens with one attached hydrogen (secondary N) is 2. The highest BCUT2D eigenvalue weighted by Gasteiger charge is 2.13. The molecular formula is C22H29ClN4O2. The summed E-state index contributed by atoms with van der Waals surface area (Å²) in [5.41, 5.74) is 5.37. The molecule has 2 N–H and O–H groups in total. The number of amides is 2. The molecule has 0 saturated carbocycles. The third-order valence-electron chi connectivity index (χ3n) is 4.41. The number of benzene rings is 1. The van der Waals surface area contributed by atoms with E-state index in [4.69, 9.17) is 11.6 Å². The van der Waals surface area contributed by atoms with E-state index in [-0.39, 0.29) is 18.4 Å². The highest BCUT2D eigenvalue weighted by molar-refractivity contribution is 6.31. The van der Waals surface area contributed by atoms with Crippen molar-refractivity contribution in [3.05, 3.63) is 51.3 Å². The molecule has 0 spiro atoms. The van der Waals surface area contributed by atoms with Crippen molar-refractivity contribution in [2.24, 2.45) is 5.92 Å². The van der Waals surface area contributed by atoms with Crippen molar-refractivity contribution in [2.45, 2.75) is 48.1 Å². The number of hydrogen-bond donors (Lipinski definition) is 2. The predicted molar refractivity (Wildman–Crippen MR) is 118 cm³/mol. The van der Waals surface area contributed by atoms with Crippen LogP contribution in [0.2, 0.25) is 5.15 Å². The third-order valence-corrected chi connectivity index (χ3v) is 4.81. The molecule has 156 valence electrons. The number of aryl methyl sites for hydroxylation is 4. The second-order valence-corrected chi connectivity index (χ2v) is 8.10. The van der Waals surface area contributed by atoms with Gasteiger partial charge in [0, 0.05) is 23.9 Å². The number of aromatic nitrogens is 2. The first kappa shape index (κ1) is 22.7. The normalized spacial score (nSPS) is 11.3. The van der Waals surface area contributed by atoms with Crippen molar-refractivity contribution in [2.75, 3.05) is 11.9 Å². The zero-order valence-corrected chi connectivity index (χ0v) is 18.6. The van der Waals surface area contributed by atoms with Crippen LogP contribution in [0, 0.1) is 33.6 Å². The fourth-order valence-corrected chi connectivity index (χ4v) is 3.48. The van der Waals surface area contributed by atoms with Gasteiger partial charge in [-0.15, -0.1) is 0 Å². The molecule has 0 aliphatic carbocycles. The van der Waals surface area contributed by atoms with Gasteiger partial charge in [0.1, 0.15) is 5.15 Å². The van der Waals surface area contributed by atoms with Crippen molar-refractivity contribution in [3.8, 4) is 0 Å². The second-order valence-electron chi connectivity index (χ2n) is 7.74. The molecule has 1 aromatic carbocycles. The summed E-state index contributed by atoms with van der Waals surface area (Å²) in [6.07, 6.45) is 2.99. The molecule has 0 aliphatic heterocycles. The Hall–Kier alpha value is -2.60. The van der Waals surface area contributed by atoms with E-state index >= 15 is 0 Å². The van der Waals surface area contributed by atoms with Gasteiger partial charge < -0.3 is 10.6 Å². The van der Waals surface area contributed by atoms with Crippen LogP contribution in [0.1, 0.15) is 41.8 Å². The molecule has 0 unspecified atom stereocenters. The van der Waals surface area contributed by atoms with E-state index in [9.17, 15) is 9.59 Å². The van der Waals surface area contributed by atoms with Crippen LogP contribution in [-0.4, -0.2) is 28.1 Å². The Labute approximate surface area is 177 Å². The summed E-state index contributed by atoms with van der Waals surface area (Å²) in [7, 11) is 0. The Kier molecular flexibility index (Phi) is 7.62. The lowest BCUT2D eigenvalue weighted by Crippen LogP contribution is -2.32. The van der Waals surface area contributed by atoms with E-state index in [0.717, 1.165) is 28.1 Å². The minimum absolute atomic E-state index is 0.116. The van der Waals surface area contributed by atoms with Crippen LogP contribution >= 0.6 is 11.6 Å². The smallest absolute Gasteiger partial charge is 0.244 e. The van der Waals surface area contributed by atoms with E-state index in [1.807, 2.05) is 39.8 Å². The fraction of sp³-hybridized carbons (Fsp3) is 0.409. The monoisotopic (exact) mass is 416 g/mol. The molecule has 0 bridgehead atoms. The summed E-state index contributed by atoms with van der Waals surface area (Å²) in [6, 6.07) is 4.02. The molecule has 0 radical (unpaired) electrons. The lowest BCUT2D eigenvalue weighted by atomic mass is 10.1. The van der Waals surface area contributed by atoms with E-state index in [1.54, 1.807) is 10.8 Å². The van der Waals surface area contributed by atoms with Gasteiger partial charge in [0.2, 0.25) is 11.8 Å². The first-order valence-corrected chi connectivity index (χ1v) is 10.0. The van der Waals surface area contributed by atoms with E-state index in [2.05, 4.69) is 29.6 Å². The quantitative estimate of drug-likeness (QED) is 0.664. The van der Waals surface area contributed by atoms with Crippen molar-refractivity contribution in [3.63, 3.8) is 0 Å². The highest BCUT2D eigenvalue weighted by Crippen LogP contribution is 2.23. The number of carbonyl (C=O) groups is 2. The maximum absolute atomic E-state index is 12.2. The molecule has 2 rings (SSSR count). The first-order valence-electron chi connectivity index (χ1n) is 9.65. The number of carbonyl (C=O) groups excluding carboxylic acids is 2. The molecule has 1 aromatic heterocycles. The van der Waals surface area contributed by atoms with Gasteiger partial charge >= 0.3 is 0 Å². The predicted octanol–water partition coefficient (Wildman–Crippen LogP) is 4.19. The molecule has 0 fully saturated rings. The number of hydrogen-bond acceptors (Lipinski definition) is 3. The minimum Gasteiger partial charge on any atom is -0.343 e. The maximum atomic E-state index is 12.2. The number of rotatable bonds is 7. The van der Waals surface area contributed by atoms with E-state index in [0.29, 0.717) is 23.2 Å². The molecular weight excluding hydrogens is 388 g/mol. The SMILES string of the molecule is Cc1cc(C)c(NC(=O)CNC(=O)/C=C/c2c(C)nn(CC(C)C)c2Cl)c(C)c1. The van der Waals surface area contributed by atoms with Crippen LogP contribution in [0.25, 0.3) is 6.08 Å². The molecule has 29 heavy (non-hydrogen) atoms. The average molecular weight is 417 g/mol. The Morgan fingerprint density at radius 1 is 1.17 bits per heavy atom. The largest absolute Gasteiger partial charge is 0.343 e. The third kappa shape index (κ3) is 6.19. The van der Waals surface area contributed by atoms with Gasteiger partial charge in [0.05, 0.1) is 12.2 Å². The van der Waals surface area contributed by atoms with E-state index in [1.165, 1.54) is 6.08 Å². The Bertz CT molecular complexity index is 922. The Morgan fingerprint density at radius 2 is 1.79 bits per heavy atom. The van der Waals surface area contributed by atoms with Gasteiger partial charge in [0.15, 0.2) is 0 Å². The van der Waals surface area contributed by atoms with Gasteiger partial charge in [0.25, 0.3) is 0 Å². The molecule has 0 atom stereocenters. The zero-order valence-electron chi connectivity index (χ0n) is 17.9. The summed E-state index contributed by atoms with van der Waals surface area (Å²) < 4.78 is 1.73. The van der Waals surface area contributed by atoms with Gasteiger partial charge in [-0.2, -0.15) is 5.10 Å². The minimum atomic E-state index is -0.371. The number of anilines is 1. The van der Waals surface area contributed by atoms with Gasteiger partial charge in [-0.1, -0.05) is 43.1 Å². The molecule has 7 heteroatoms. The molecule has 0 saturated heterocycles. The lowest BCUT2D eigenvalue weighted by Gasteiger charge is -2.13. The topological polar surface area (TPSA) is 76.0 Å². The van der Waals surface area contributed by atoms with Gasteiger partial charge in [-0.25, -0.2) is 0 Å². The number of halogens is 1. The molecule has 2 amide bonds. The van der Waals surface area contributed by atoms with Crippen LogP contribution in [0.15, 0.2) is 18.2 Å². The van der Waals surface area contributed by atoms with Crippen molar-refractivity contribution in [1.29, 1.82) is 0 Å². The van der Waals surface area contributed by atoms with Gasteiger partial charge in [-0.3, -0.25) is 14.3 Å². The molecule has 2 aromatic rings. The highest BCUT2D eigenvalue weighted by atomic mass is 35.5. The molecule has 1 heterocycles. The summed E-state index contributed by atoms with van der Waals surface area (Å²) >= 11 is 6.37. The van der Waals surface area contributed by atoms with Crippen molar-refractivity contribution < 1.29 is 9.59 Å². The van der Waals surface area contributed by atoms with Crippen LogP contribution < -0.4 is 10.6 Å². The standard InChI is InChI=1S/C22H29ClN4O2/c1-13(2)12-27-22(23)18(17(6)26-27)7-8-19(28)24-11-20(29)25-21-15(4)9-14(3)10-16(21)5/h7-10,13H,11-12H2,1-6H3,(H,24,28)(H,25,29)/b8-7+. The van der Waals surface area contributed by atoms with Crippen LogP contribution in [0.4, 0.5) is 5.69 Å². The van der Waals surface area contributed by atoms with Crippen LogP contribution in [-0.2, 0) is 16.1 Å². The summed E-state index contributed by atoms with van der Waals surface area (Å²) in [6.45, 7) is 12.5. The summed E-state index contributed by atoms with van der Waals surface area (Å²) in [5.74, 6) is -0.239. The second kappa shape index (κ2) is 9.74. The summed E-state index contributed by atoms with van der Waals surface area (Å²) in [5, 5.41) is 10.4. The lowest BCUT2D eigenvalue weighted by molar-refractivity contribution is -0.121. The molecule has 0 aliphatic rings. The van der Waals surface area contributed by atoms with E-state index < -0.39 is 0 Å². The van der Waals surface area contributed by atoms with Crippen molar-refractivity contribution in [1.82, 2.24) is 15.1 Å².